The fourth-order valence-corrected chi connectivity index (χ4v) is 12.3. The Hall–Kier alpha value is -4.07. The minimum absolute atomic E-state index is 0. The molecule has 0 amide bonds. The van der Waals surface area contributed by atoms with Gasteiger partial charge in [0, 0.05) is 12.7 Å². The lowest BCUT2D eigenvalue weighted by atomic mass is 9.97. The Labute approximate surface area is 390 Å². The van der Waals surface area contributed by atoms with Crippen molar-refractivity contribution in [2.75, 3.05) is 72.7 Å². The van der Waals surface area contributed by atoms with Gasteiger partial charge in [-0.1, -0.05) is 111 Å². The summed E-state index contributed by atoms with van der Waals surface area (Å²) in [6.07, 6.45) is 16.3. The fraction of sp³-hybridized carbons (Fsp3) is 0.382. The summed E-state index contributed by atoms with van der Waals surface area (Å²) < 4.78 is 34.3. The fourth-order valence-electron chi connectivity index (χ4n) is 7.90. The lowest BCUT2D eigenvalue weighted by Gasteiger charge is -2.27. The van der Waals surface area contributed by atoms with Crippen molar-refractivity contribution in [1.82, 2.24) is 0 Å². The highest BCUT2D eigenvalue weighted by Crippen LogP contribution is 2.56. The normalized spacial score (nSPS) is 11.2. The number of unbranched alkanes of at least 4 members (excludes halogenated alkanes) is 7. The van der Waals surface area contributed by atoms with E-state index in [1.54, 1.807) is 7.11 Å². The molecule has 63 heavy (non-hydrogen) atoms. The SMILES string of the molecule is C=CCc1ccc(OCCCCCCCCCC[P+](c2ccccc2)(c2ccccc2)c2ccccc2)c(-c2ccc(OCCOCCOCCOCCOC)c(CC=C)c2)c1.[Br-]. The summed E-state index contributed by atoms with van der Waals surface area (Å²) in [5.41, 5.74) is 4.48. The smallest absolute Gasteiger partial charge is 0.127 e. The summed E-state index contributed by atoms with van der Waals surface area (Å²) in [5, 5.41) is 4.44. The van der Waals surface area contributed by atoms with Gasteiger partial charge in [-0.25, -0.2) is 0 Å². The Balaban J connectivity index is 0.00000871. The maximum absolute atomic E-state index is 6.49. The van der Waals surface area contributed by atoms with E-state index in [1.807, 2.05) is 12.2 Å². The Morgan fingerprint density at radius 3 is 1.48 bits per heavy atom. The van der Waals surface area contributed by atoms with Crippen LogP contribution in [-0.2, 0) is 31.8 Å². The zero-order valence-electron chi connectivity index (χ0n) is 37.6. The molecule has 0 bridgehead atoms. The Morgan fingerprint density at radius 2 is 0.937 bits per heavy atom. The van der Waals surface area contributed by atoms with Crippen LogP contribution in [0.2, 0.25) is 0 Å². The van der Waals surface area contributed by atoms with E-state index in [2.05, 4.69) is 141 Å². The molecule has 0 aliphatic rings. The highest BCUT2D eigenvalue weighted by Gasteiger charge is 2.44. The molecule has 0 saturated heterocycles. The van der Waals surface area contributed by atoms with Gasteiger partial charge in [-0.05, 0) is 109 Å². The number of rotatable bonds is 33. The molecular formula is C55H70BrO6P. The lowest BCUT2D eigenvalue weighted by molar-refractivity contribution is -0.0000143. The zero-order valence-corrected chi connectivity index (χ0v) is 40.1. The van der Waals surface area contributed by atoms with Crippen LogP contribution in [0.15, 0.2) is 153 Å². The van der Waals surface area contributed by atoms with Gasteiger partial charge in [-0.15, -0.1) is 13.2 Å². The van der Waals surface area contributed by atoms with Crippen molar-refractivity contribution >= 4 is 23.2 Å². The predicted octanol–water partition coefficient (Wildman–Crippen LogP) is 8.38. The molecule has 0 atom stereocenters. The molecular weight excluding hydrogens is 867 g/mol. The van der Waals surface area contributed by atoms with Crippen LogP contribution in [0.1, 0.15) is 62.5 Å². The molecule has 0 heterocycles. The van der Waals surface area contributed by atoms with Crippen LogP contribution >= 0.6 is 7.26 Å². The minimum Gasteiger partial charge on any atom is -1.00 e. The van der Waals surface area contributed by atoms with Crippen LogP contribution in [-0.4, -0.2) is 72.7 Å². The van der Waals surface area contributed by atoms with E-state index in [1.165, 1.54) is 72.6 Å². The molecule has 0 spiro atoms. The van der Waals surface area contributed by atoms with Crippen LogP contribution in [0, 0.1) is 0 Å². The molecule has 0 aliphatic carbocycles. The lowest BCUT2D eigenvalue weighted by Crippen LogP contribution is -3.00. The van der Waals surface area contributed by atoms with Gasteiger partial charge in [0.1, 0.15) is 41.3 Å². The highest BCUT2D eigenvalue weighted by atomic mass is 79.9. The van der Waals surface area contributed by atoms with Gasteiger partial charge in [0.05, 0.1) is 59.0 Å². The monoisotopic (exact) mass is 936 g/mol. The molecule has 0 fully saturated rings. The van der Waals surface area contributed by atoms with Crippen molar-refractivity contribution in [3.8, 4) is 22.6 Å². The number of hydrogen-bond acceptors (Lipinski definition) is 6. The second-order valence-corrected chi connectivity index (χ2v) is 19.1. The van der Waals surface area contributed by atoms with Gasteiger partial charge in [-0.2, -0.15) is 0 Å². The summed E-state index contributed by atoms with van der Waals surface area (Å²) in [5.74, 6) is 1.75. The van der Waals surface area contributed by atoms with E-state index in [-0.39, 0.29) is 17.0 Å². The molecule has 6 nitrogen and oxygen atoms in total. The first-order chi connectivity index (χ1) is 30.7. The first kappa shape index (κ1) is 51.6. The molecule has 0 radical (unpaired) electrons. The largest absolute Gasteiger partial charge is 1.00 e. The van der Waals surface area contributed by atoms with Gasteiger partial charge in [-0.3, -0.25) is 0 Å². The number of benzene rings is 5. The standard InChI is InChI=1S/C55H70O6P.BrH/c1-4-23-47-31-33-55(53(45-47)48-32-34-54(49(46-48)24-5-2)61-43-42-59-41-40-58-39-38-57-37-36-56-3)60-35-21-10-8-6-7-9-11-22-44-62(50-25-15-12-16-26-50,51-27-17-13-18-28-51)52-29-19-14-20-30-52;/h4-5,12-20,25-34,45-46H,1-2,6-11,21-24,35-44H2,3H3;1H/q+1;/p-1. The number of methoxy groups -OCH3 is 1. The van der Waals surface area contributed by atoms with Crippen LogP contribution in [0.3, 0.4) is 0 Å². The Bertz CT molecular complexity index is 1880. The molecule has 0 aromatic heterocycles. The van der Waals surface area contributed by atoms with Crippen molar-refractivity contribution < 1.29 is 45.4 Å². The topological polar surface area (TPSA) is 55.4 Å². The molecule has 8 heteroatoms. The summed E-state index contributed by atoms with van der Waals surface area (Å²) >= 11 is 0. The quantitative estimate of drug-likeness (QED) is 0.0240. The van der Waals surface area contributed by atoms with Crippen LogP contribution in [0.4, 0.5) is 0 Å². The molecule has 0 saturated carbocycles. The third kappa shape index (κ3) is 17.1. The number of halogens is 1. The molecule has 338 valence electrons. The maximum atomic E-state index is 6.49. The molecule has 5 aromatic carbocycles. The average molecular weight is 938 g/mol. The Kier molecular flexibility index (Phi) is 25.3. The van der Waals surface area contributed by atoms with Crippen molar-refractivity contribution in [3.05, 3.63) is 164 Å². The van der Waals surface area contributed by atoms with Crippen LogP contribution < -0.4 is 42.4 Å². The van der Waals surface area contributed by atoms with E-state index >= 15 is 0 Å². The van der Waals surface area contributed by atoms with Gasteiger partial charge < -0.3 is 45.4 Å². The maximum Gasteiger partial charge on any atom is 0.127 e. The van der Waals surface area contributed by atoms with Crippen molar-refractivity contribution in [3.63, 3.8) is 0 Å². The second kappa shape index (κ2) is 30.9. The van der Waals surface area contributed by atoms with Crippen molar-refractivity contribution in [2.24, 2.45) is 0 Å². The minimum atomic E-state index is -1.74. The molecule has 5 aromatic rings. The first-order valence-corrected chi connectivity index (χ1v) is 24.7. The highest BCUT2D eigenvalue weighted by molar-refractivity contribution is 7.95. The predicted molar refractivity (Wildman–Crippen MR) is 262 cm³/mol. The van der Waals surface area contributed by atoms with E-state index in [0.717, 1.165) is 41.0 Å². The average Bonchev–Trinajstić information content (AvgIpc) is 3.31. The summed E-state index contributed by atoms with van der Waals surface area (Å²) in [6.45, 7) is 12.9. The molecule has 0 aliphatic heterocycles. The van der Waals surface area contributed by atoms with E-state index in [4.69, 9.17) is 28.4 Å². The molecule has 5 rings (SSSR count). The van der Waals surface area contributed by atoms with Gasteiger partial charge in [0.25, 0.3) is 0 Å². The van der Waals surface area contributed by atoms with E-state index in [0.29, 0.717) is 65.9 Å². The molecule has 0 unspecified atom stereocenters. The van der Waals surface area contributed by atoms with Crippen LogP contribution in [0.5, 0.6) is 11.5 Å². The zero-order chi connectivity index (χ0) is 43.3. The Morgan fingerprint density at radius 1 is 0.460 bits per heavy atom. The summed E-state index contributed by atoms with van der Waals surface area (Å²) in [4.78, 5) is 0. The van der Waals surface area contributed by atoms with Crippen molar-refractivity contribution in [2.45, 2.75) is 64.2 Å². The number of allylic oxidation sites excluding steroid dienone is 2. The van der Waals surface area contributed by atoms with Crippen molar-refractivity contribution in [1.29, 1.82) is 0 Å². The van der Waals surface area contributed by atoms with E-state index in [9.17, 15) is 0 Å². The van der Waals surface area contributed by atoms with Crippen LogP contribution in [0.25, 0.3) is 11.1 Å². The third-order valence-corrected chi connectivity index (χ3v) is 15.6. The summed E-state index contributed by atoms with van der Waals surface area (Å²) in [6, 6.07) is 46.7. The molecule has 0 N–H and O–H groups in total. The van der Waals surface area contributed by atoms with Gasteiger partial charge in [0.2, 0.25) is 0 Å². The van der Waals surface area contributed by atoms with Gasteiger partial charge >= 0.3 is 0 Å². The second-order valence-electron chi connectivity index (χ2n) is 15.5. The summed E-state index contributed by atoms with van der Waals surface area (Å²) in [7, 11) is -0.0832. The first-order valence-electron chi connectivity index (χ1n) is 22.7. The number of ether oxygens (including phenoxy) is 6. The number of hydrogen-bond donors (Lipinski definition) is 0. The van der Waals surface area contributed by atoms with E-state index < -0.39 is 7.26 Å². The van der Waals surface area contributed by atoms with Gasteiger partial charge in [0.15, 0.2) is 0 Å². The third-order valence-electron chi connectivity index (χ3n) is 11.1.